The average molecular weight is 366 g/mol. The van der Waals surface area contributed by atoms with Crippen molar-refractivity contribution in [1.29, 1.82) is 0 Å². The Balaban J connectivity index is 3.46. The smallest absolute Gasteiger partial charge is 0.0672 e. The van der Waals surface area contributed by atoms with E-state index in [0.29, 0.717) is 1.43 Å². The number of rotatable bonds is 4. The highest BCUT2D eigenvalue weighted by Crippen LogP contribution is 2.36. The van der Waals surface area contributed by atoms with Gasteiger partial charge in [0.15, 0.2) is 0 Å². The molecule has 10 heavy (non-hydrogen) atoms. The molecule has 0 aliphatic heterocycles. The Labute approximate surface area is 91.8 Å². The van der Waals surface area contributed by atoms with Crippen molar-refractivity contribution in [2.24, 2.45) is 5.92 Å². The highest BCUT2D eigenvalue weighted by Gasteiger charge is 2.19. The predicted octanol–water partition coefficient (Wildman–Crippen LogP) is 4.40. The molecule has 2 heteroatoms. The molecule has 0 unspecified atom stereocenters. The van der Waals surface area contributed by atoms with Crippen molar-refractivity contribution in [3.05, 3.63) is 0 Å². The lowest BCUT2D eigenvalue weighted by atomic mass is 10.1. The van der Waals surface area contributed by atoms with Gasteiger partial charge in [-0.05, 0) is 25.2 Å². The molecule has 0 atom stereocenters. The van der Waals surface area contributed by atoms with Crippen LogP contribution in [-0.4, -0.2) is 1.43 Å². The highest BCUT2D eigenvalue weighted by atomic mass is 127. The summed E-state index contributed by atoms with van der Waals surface area (Å²) in [7, 11) is 0. The Bertz CT molecular complexity index is 87.3. The standard InChI is InChI=1S/C8H16I2/c1-4-8(9,10)6-5-7(2)3/h7H,4-6H2,1-3H3. The zero-order valence-corrected chi connectivity index (χ0v) is 11.3. The first-order valence-corrected chi connectivity index (χ1v) is 6.01. The number of alkyl halides is 2. The zero-order valence-electron chi connectivity index (χ0n) is 6.95. The lowest BCUT2D eigenvalue weighted by Gasteiger charge is -2.18. The predicted molar refractivity (Wildman–Crippen MR) is 65.1 cm³/mol. The minimum atomic E-state index is 0.514. The van der Waals surface area contributed by atoms with E-state index in [9.17, 15) is 0 Å². The van der Waals surface area contributed by atoms with Gasteiger partial charge in [-0.3, -0.25) is 0 Å². The minimum Gasteiger partial charge on any atom is -0.0672 e. The van der Waals surface area contributed by atoms with Gasteiger partial charge in [-0.2, -0.15) is 0 Å². The van der Waals surface area contributed by atoms with Crippen LogP contribution in [0.25, 0.3) is 0 Å². The maximum absolute atomic E-state index is 2.56. The summed E-state index contributed by atoms with van der Waals surface area (Å²) in [5.74, 6) is 0.857. The molecule has 0 N–H and O–H groups in total. The third-order valence-corrected chi connectivity index (χ3v) is 4.21. The van der Waals surface area contributed by atoms with Crippen LogP contribution in [0, 0.1) is 5.92 Å². The highest BCUT2D eigenvalue weighted by molar-refractivity contribution is 14.2. The second-order valence-electron chi connectivity index (χ2n) is 3.14. The second-order valence-corrected chi connectivity index (χ2v) is 9.34. The summed E-state index contributed by atoms with van der Waals surface area (Å²) in [4.78, 5) is 0. The van der Waals surface area contributed by atoms with Crippen LogP contribution in [0.15, 0.2) is 0 Å². The van der Waals surface area contributed by atoms with E-state index in [4.69, 9.17) is 0 Å². The van der Waals surface area contributed by atoms with E-state index < -0.39 is 0 Å². The zero-order chi connectivity index (χ0) is 8.20. The maximum atomic E-state index is 2.56. The van der Waals surface area contributed by atoms with Gasteiger partial charge in [0.1, 0.15) is 0 Å². The summed E-state index contributed by atoms with van der Waals surface area (Å²) in [6.45, 7) is 6.84. The van der Waals surface area contributed by atoms with Gasteiger partial charge in [0.25, 0.3) is 0 Å². The third-order valence-electron chi connectivity index (χ3n) is 1.60. The van der Waals surface area contributed by atoms with Crippen LogP contribution in [0.5, 0.6) is 0 Å². The van der Waals surface area contributed by atoms with Gasteiger partial charge >= 0.3 is 0 Å². The van der Waals surface area contributed by atoms with Gasteiger partial charge in [0.2, 0.25) is 0 Å². The summed E-state index contributed by atoms with van der Waals surface area (Å²) in [6, 6.07) is 0. The fraction of sp³-hybridized carbons (Fsp3) is 1.00. The molecule has 0 aliphatic rings. The van der Waals surface area contributed by atoms with Crippen molar-refractivity contribution in [3.63, 3.8) is 0 Å². The summed E-state index contributed by atoms with van der Waals surface area (Å²) in [6.07, 6.45) is 3.99. The molecule has 0 aliphatic carbocycles. The van der Waals surface area contributed by atoms with Crippen molar-refractivity contribution in [3.8, 4) is 0 Å². The van der Waals surface area contributed by atoms with Gasteiger partial charge in [-0.25, -0.2) is 0 Å². The van der Waals surface area contributed by atoms with Crippen LogP contribution in [0.2, 0.25) is 0 Å². The number of hydrogen-bond donors (Lipinski definition) is 0. The minimum absolute atomic E-state index is 0.514. The van der Waals surface area contributed by atoms with E-state index in [1.807, 2.05) is 0 Å². The number of hydrogen-bond acceptors (Lipinski definition) is 0. The van der Waals surface area contributed by atoms with Crippen molar-refractivity contribution < 1.29 is 0 Å². The molecule has 0 aromatic rings. The molecule has 0 fully saturated rings. The van der Waals surface area contributed by atoms with Crippen LogP contribution in [0.4, 0.5) is 0 Å². The molecule has 0 amide bonds. The lowest BCUT2D eigenvalue weighted by Crippen LogP contribution is -2.09. The third kappa shape index (κ3) is 6.19. The molecule has 0 bridgehead atoms. The summed E-state index contributed by atoms with van der Waals surface area (Å²) in [5.41, 5.74) is 0. The fourth-order valence-corrected chi connectivity index (χ4v) is 1.30. The first kappa shape index (κ1) is 11.5. The van der Waals surface area contributed by atoms with E-state index in [1.165, 1.54) is 19.3 Å². The van der Waals surface area contributed by atoms with Gasteiger partial charge in [0.05, 0.1) is 1.43 Å². The summed E-state index contributed by atoms with van der Waals surface area (Å²) < 4.78 is 0.514. The molecule has 0 radical (unpaired) electrons. The van der Waals surface area contributed by atoms with Crippen molar-refractivity contribution in [2.45, 2.75) is 41.5 Å². The lowest BCUT2D eigenvalue weighted by molar-refractivity contribution is 0.542. The molecule has 0 aromatic carbocycles. The number of halogens is 2. The van der Waals surface area contributed by atoms with Crippen molar-refractivity contribution in [2.75, 3.05) is 0 Å². The molecule has 0 aromatic heterocycles. The molecule has 0 spiro atoms. The van der Waals surface area contributed by atoms with E-state index in [2.05, 4.69) is 66.0 Å². The van der Waals surface area contributed by atoms with E-state index >= 15 is 0 Å². The first-order valence-electron chi connectivity index (χ1n) is 3.86. The molecule has 62 valence electrons. The fourth-order valence-electron chi connectivity index (χ4n) is 0.677. The largest absolute Gasteiger partial charge is 0.0732 e. The molecule has 0 rings (SSSR count). The molecule has 0 nitrogen and oxygen atoms in total. The van der Waals surface area contributed by atoms with E-state index in [0.717, 1.165) is 5.92 Å². The van der Waals surface area contributed by atoms with E-state index in [1.54, 1.807) is 0 Å². The average Bonchev–Trinajstić information content (AvgIpc) is 1.85. The van der Waals surface area contributed by atoms with E-state index in [-0.39, 0.29) is 0 Å². The van der Waals surface area contributed by atoms with Crippen LogP contribution in [-0.2, 0) is 0 Å². The Morgan fingerprint density at radius 2 is 1.80 bits per heavy atom. The van der Waals surface area contributed by atoms with Crippen molar-refractivity contribution >= 4 is 45.2 Å². The van der Waals surface area contributed by atoms with Crippen LogP contribution in [0.1, 0.15) is 40.0 Å². The Kier molecular flexibility index (Phi) is 5.92. The first-order chi connectivity index (χ1) is 4.48. The summed E-state index contributed by atoms with van der Waals surface area (Å²) in [5, 5.41) is 0. The monoisotopic (exact) mass is 366 g/mol. The SMILES string of the molecule is CCC(I)(I)CCC(C)C. The topological polar surface area (TPSA) is 0 Å². The molecular formula is C8H16I2. The molecule has 0 heterocycles. The second kappa shape index (κ2) is 5.17. The van der Waals surface area contributed by atoms with Gasteiger partial charge in [-0.1, -0.05) is 66.0 Å². The Morgan fingerprint density at radius 3 is 2.10 bits per heavy atom. The summed E-state index contributed by atoms with van der Waals surface area (Å²) >= 11 is 5.12. The molecular weight excluding hydrogens is 350 g/mol. The maximum Gasteiger partial charge on any atom is 0.0732 e. The van der Waals surface area contributed by atoms with Gasteiger partial charge in [-0.15, -0.1) is 0 Å². The Hall–Kier alpha value is 1.46. The normalized spacial score (nSPS) is 12.6. The molecule has 0 saturated heterocycles. The molecule has 0 saturated carbocycles. The van der Waals surface area contributed by atoms with Gasteiger partial charge in [0, 0.05) is 0 Å². The van der Waals surface area contributed by atoms with Crippen LogP contribution >= 0.6 is 45.2 Å². The van der Waals surface area contributed by atoms with Crippen LogP contribution in [0.3, 0.4) is 0 Å². The Morgan fingerprint density at radius 1 is 1.30 bits per heavy atom. The van der Waals surface area contributed by atoms with Crippen LogP contribution < -0.4 is 0 Å². The van der Waals surface area contributed by atoms with Gasteiger partial charge < -0.3 is 0 Å². The van der Waals surface area contributed by atoms with Crippen molar-refractivity contribution in [1.82, 2.24) is 0 Å². The quantitative estimate of drug-likeness (QED) is 0.511.